The zero-order chi connectivity index (χ0) is 7.56. The fraction of sp³-hybridized carbons (Fsp3) is 0.857. The molecule has 0 amide bonds. The number of nitrogens with zero attached hydrogens (tertiary/aromatic N) is 2. The third-order valence-corrected chi connectivity index (χ3v) is 1.79. The van der Waals surface area contributed by atoms with Crippen molar-refractivity contribution in [3.8, 4) is 6.07 Å². The zero-order valence-corrected chi connectivity index (χ0v) is 6.37. The van der Waals surface area contributed by atoms with Gasteiger partial charge < -0.3 is 4.74 Å². The summed E-state index contributed by atoms with van der Waals surface area (Å²) in [5.41, 5.74) is 0. The molecule has 0 aliphatic carbocycles. The largest absolute Gasteiger partial charge is 0.366 e. The van der Waals surface area contributed by atoms with E-state index in [0.29, 0.717) is 0 Å². The minimum absolute atomic E-state index is 0.116. The van der Waals surface area contributed by atoms with E-state index in [9.17, 15) is 0 Å². The van der Waals surface area contributed by atoms with Gasteiger partial charge >= 0.3 is 0 Å². The normalized spacial score (nSPS) is 32.9. The van der Waals surface area contributed by atoms with Crippen molar-refractivity contribution in [1.82, 2.24) is 4.90 Å². The van der Waals surface area contributed by atoms with E-state index in [1.807, 2.05) is 4.90 Å². The second-order valence-electron chi connectivity index (χ2n) is 2.44. The molecular formula is C7H12N2O. The second kappa shape index (κ2) is 3.00. The Bertz CT molecular complexity index is 148. The van der Waals surface area contributed by atoms with Crippen LogP contribution in [0.2, 0.25) is 0 Å². The second-order valence-corrected chi connectivity index (χ2v) is 2.44. The molecule has 3 nitrogen and oxygen atoms in total. The van der Waals surface area contributed by atoms with Gasteiger partial charge in [0.2, 0.25) is 0 Å². The van der Waals surface area contributed by atoms with E-state index >= 15 is 0 Å². The molecule has 0 N–H and O–H groups in total. The van der Waals surface area contributed by atoms with Crippen molar-refractivity contribution in [2.75, 3.05) is 13.7 Å². The average molecular weight is 140 g/mol. The van der Waals surface area contributed by atoms with Crippen molar-refractivity contribution in [3.05, 3.63) is 0 Å². The topological polar surface area (TPSA) is 36.0 Å². The van der Waals surface area contributed by atoms with Gasteiger partial charge in [-0.1, -0.05) is 6.92 Å². The highest BCUT2D eigenvalue weighted by atomic mass is 16.5. The molecule has 3 heteroatoms. The van der Waals surface area contributed by atoms with Crippen LogP contribution in [0.3, 0.4) is 0 Å². The van der Waals surface area contributed by atoms with Crippen molar-refractivity contribution < 1.29 is 4.74 Å². The van der Waals surface area contributed by atoms with Gasteiger partial charge in [0.25, 0.3) is 0 Å². The van der Waals surface area contributed by atoms with Gasteiger partial charge in [0.05, 0.1) is 6.07 Å². The SMILES string of the molecule is CCC(OC)N1CC1C#N. The molecule has 0 aromatic carbocycles. The van der Waals surface area contributed by atoms with Crippen LogP contribution in [0.5, 0.6) is 0 Å². The molecule has 0 aromatic rings. The molecule has 56 valence electrons. The number of nitriles is 1. The summed E-state index contributed by atoms with van der Waals surface area (Å²) in [5, 5.41) is 8.47. The van der Waals surface area contributed by atoms with E-state index < -0.39 is 0 Å². The van der Waals surface area contributed by atoms with Gasteiger partial charge in [-0.05, 0) is 6.42 Å². The predicted molar refractivity (Wildman–Crippen MR) is 37.2 cm³/mol. The number of methoxy groups -OCH3 is 1. The first-order valence-corrected chi connectivity index (χ1v) is 3.51. The molecule has 1 aliphatic heterocycles. The van der Waals surface area contributed by atoms with E-state index in [2.05, 4.69) is 13.0 Å². The summed E-state index contributed by atoms with van der Waals surface area (Å²) in [6.07, 6.45) is 1.11. The highest BCUT2D eigenvalue weighted by Crippen LogP contribution is 2.22. The molecule has 1 saturated heterocycles. The van der Waals surface area contributed by atoms with Crippen LogP contribution in [-0.4, -0.2) is 30.8 Å². The Balaban J connectivity index is 2.31. The molecule has 0 bridgehead atoms. The van der Waals surface area contributed by atoms with E-state index in [1.165, 1.54) is 0 Å². The van der Waals surface area contributed by atoms with Gasteiger partial charge in [-0.15, -0.1) is 0 Å². The molecule has 0 radical (unpaired) electrons. The Kier molecular flexibility index (Phi) is 2.25. The van der Waals surface area contributed by atoms with Crippen molar-refractivity contribution in [2.24, 2.45) is 0 Å². The fourth-order valence-electron chi connectivity index (χ4n) is 1.12. The summed E-state index contributed by atoms with van der Waals surface area (Å²) in [5.74, 6) is 0. The van der Waals surface area contributed by atoms with Crippen molar-refractivity contribution in [1.29, 1.82) is 5.26 Å². The first-order chi connectivity index (χ1) is 4.83. The maximum Gasteiger partial charge on any atom is 0.113 e. The summed E-state index contributed by atoms with van der Waals surface area (Å²) >= 11 is 0. The first-order valence-electron chi connectivity index (χ1n) is 3.51. The lowest BCUT2D eigenvalue weighted by molar-refractivity contribution is 0.0222. The maximum atomic E-state index is 8.47. The van der Waals surface area contributed by atoms with Gasteiger partial charge in [-0.3, -0.25) is 4.90 Å². The van der Waals surface area contributed by atoms with Crippen LogP contribution in [0.1, 0.15) is 13.3 Å². The van der Waals surface area contributed by atoms with Crippen LogP contribution in [0.25, 0.3) is 0 Å². The van der Waals surface area contributed by atoms with E-state index in [4.69, 9.17) is 10.00 Å². The predicted octanol–water partition coefficient (Wildman–Crippen LogP) is 0.577. The Morgan fingerprint density at radius 2 is 2.60 bits per heavy atom. The number of hydrogen-bond donors (Lipinski definition) is 0. The minimum Gasteiger partial charge on any atom is -0.366 e. The summed E-state index contributed by atoms with van der Waals surface area (Å²) < 4.78 is 5.13. The highest BCUT2D eigenvalue weighted by molar-refractivity contribution is 5.06. The fourth-order valence-corrected chi connectivity index (χ4v) is 1.12. The van der Waals surface area contributed by atoms with Gasteiger partial charge in [-0.2, -0.15) is 5.26 Å². The number of hydrogen-bond acceptors (Lipinski definition) is 3. The van der Waals surface area contributed by atoms with Crippen LogP contribution in [0, 0.1) is 11.3 Å². The van der Waals surface area contributed by atoms with Crippen LogP contribution in [-0.2, 0) is 4.74 Å². The van der Waals surface area contributed by atoms with E-state index in [0.717, 1.165) is 13.0 Å². The summed E-state index contributed by atoms with van der Waals surface area (Å²) in [7, 11) is 1.68. The van der Waals surface area contributed by atoms with Gasteiger partial charge in [0, 0.05) is 13.7 Å². The Morgan fingerprint density at radius 3 is 2.90 bits per heavy atom. The number of rotatable bonds is 3. The quantitative estimate of drug-likeness (QED) is 0.538. The third-order valence-electron chi connectivity index (χ3n) is 1.79. The van der Waals surface area contributed by atoms with Crippen molar-refractivity contribution >= 4 is 0 Å². The average Bonchev–Trinajstić information content (AvgIpc) is 2.70. The lowest BCUT2D eigenvalue weighted by Gasteiger charge is -2.12. The van der Waals surface area contributed by atoms with Gasteiger partial charge in [0.1, 0.15) is 12.3 Å². The van der Waals surface area contributed by atoms with Crippen LogP contribution in [0.15, 0.2) is 0 Å². The lowest BCUT2D eigenvalue weighted by atomic mass is 10.4. The third kappa shape index (κ3) is 1.28. The number of ether oxygens (including phenoxy) is 1. The van der Waals surface area contributed by atoms with Crippen LogP contribution in [0.4, 0.5) is 0 Å². The van der Waals surface area contributed by atoms with Gasteiger partial charge in [-0.25, -0.2) is 0 Å². The van der Waals surface area contributed by atoms with Crippen molar-refractivity contribution in [3.63, 3.8) is 0 Å². The molecular weight excluding hydrogens is 128 g/mol. The Labute approximate surface area is 61.2 Å². The monoisotopic (exact) mass is 140 g/mol. The standard InChI is InChI=1S/C7H12N2O/c1-3-7(10-2)9-5-6(9)4-8/h6-7H,3,5H2,1-2H3. The first kappa shape index (κ1) is 7.52. The molecule has 1 aliphatic rings. The molecule has 1 heterocycles. The summed E-state index contributed by atoms with van der Waals surface area (Å²) in [6, 6.07) is 2.30. The molecule has 10 heavy (non-hydrogen) atoms. The van der Waals surface area contributed by atoms with Crippen molar-refractivity contribution in [2.45, 2.75) is 25.6 Å². The maximum absolute atomic E-state index is 8.47. The summed E-state index contributed by atoms with van der Waals surface area (Å²) in [4.78, 5) is 2.04. The molecule has 0 saturated carbocycles. The van der Waals surface area contributed by atoms with E-state index in [1.54, 1.807) is 7.11 Å². The van der Waals surface area contributed by atoms with E-state index in [-0.39, 0.29) is 12.3 Å². The Morgan fingerprint density at radius 1 is 1.90 bits per heavy atom. The zero-order valence-electron chi connectivity index (χ0n) is 6.37. The van der Waals surface area contributed by atoms with Gasteiger partial charge in [0.15, 0.2) is 0 Å². The van der Waals surface area contributed by atoms with Crippen LogP contribution < -0.4 is 0 Å². The molecule has 1 rings (SSSR count). The van der Waals surface area contributed by atoms with Crippen LogP contribution >= 0.6 is 0 Å². The summed E-state index contributed by atoms with van der Waals surface area (Å²) in [6.45, 7) is 2.93. The highest BCUT2D eigenvalue weighted by Gasteiger charge is 2.39. The smallest absolute Gasteiger partial charge is 0.113 e. The molecule has 3 atom stereocenters. The molecule has 3 unspecified atom stereocenters. The minimum atomic E-state index is 0.116. The Hall–Kier alpha value is -0.590. The lowest BCUT2D eigenvalue weighted by Crippen LogP contribution is -2.21. The molecule has 0 spiro atoms. The molecule has 1 fully saturated rings. The molecule has 0 aromatic heterocycles.